The highest BCUT2D eigenvalue weighted by atomic mass is 32.2. The van der Waals surface area contributed by atoms with Gasteiger partial charge in [0.15, 0.2) is 0 Å². The number of aliphatic hydroxyl groups is 1. The minimum atomic E-state index is -0.820. The maximum atomic E-state index is 14.8. The van der Waals surface area contributed by atoms with Crippen molar-refractivity contribution in [3.8, 4) is 0 Å². The molecule has 4 rings (SSSR count). The van der Waals surface area contributed by atoms with Crippen molar-refractivity contribution in [2.75, 3.05) is 42.6 Å². The third kappa shape index (κ3) is 5.87. The summed E-state index contributed by atoms with van der Waals surface area (Å²) >= 11 is 1.63. The van der Waals surface area contributed by atoms with Crippen LogP contribution in [0.4, 0.5) is 11.4 Å². The van der Waals surface area contributed by atoms with E-state index >= 15 is 0 Å². The van der Waals surface area contributed by atoms with Gasteiger partial charge >= 0.3 is 5.97 Å². The van der Waals surface area contributed by atoms with Gasteiger partial charge in [0.25, 0.3) is 5.91 Å². The van der Waals surface area contributed by atoms with Crippen molar-refractivity contribution >= 4 is 40.9 Å². The summed E-state index contributed by atoms with van der Waals surface area (Å²) in [5.41, 5.74) is 1.80. The van der Waals surface area contributed by atoms with Crippen LogP contribution in [0.5, 0.6) is 0 Å². The van der Waals surface area contributed by atoms with Crippen LogP contribution in [0.1, 0.15) is 59.8 Å². The number of aliphatic hydroxyl groups excluding tert-OH is 1. The van der Waals surface area contributed by atoms with Gasteiger partial charge in [0.1, 0.15) is 6.04 Å². The number of unbranched alkanes of at least 4 members (excludes halogenated alkanes) is 2. The quantitative estimate of drug-likeness (QED) is 0.159. The van der Waals surface area contributed by atoms with Crippen molar-refractivity contribution in [1.29, 1.82) is 0 Å². The fourth-order valence-electron chi connectivity index (χ4n) is 7.51. The Morgan fingerprint density at radius 3 is 2.40 bits per heavy atom. The van der Waals surface area contributed by atoms with Crippen molar-refractivity contribution in [3.05, 3.63) is 49.6 Å². The van der Waals surface area contributed by atoms with Gasteiger partial charge in [0.05, 0.1) is 35.8 Å². The minimum Gasteiger partial charge on any atom is -0.465 e. The Hall–Kier alpha value is -2.78. The van der Waals surface area contributed by atoms with Gasteiger partial charge in [-0.2, -0.15) is 0 Å². The van der Waals surface area contributed by atoms with Crippen molar-refractivity contribution < 1.29 is 24.2 Å². The summed E-state index contributed by atoms with van der Waals surface area (Å²) in [6, 6.07) is 6.59. The lowest BCUT2D eigenvalue weighted by atomic mass is 9.66. The van der Waals surface area contributed by atoms with Crippen LogP contribution < -0.4 is 9.80 Å². The van der Waals surface area contributed by atoms with E-state index in [4.69, 9.17) is 4.74 Å². The lowest BCUT2D eigenvalue weighted by Crippen LogP contribution is -2.59. The van der Waals surface area contributed by atoms with E-state index in [2.05, 4.69) is 38.8 Å². The molecule has 236 valence electrons. The van der Waals surface area contributed by atoms with Crippen LogP contribution in [0, 0.1) is 17.8 Å². The molecule has 8 nitrogen and oxygen atoms in total. The Morgan fingerprint density at radius 1 is 1.14 bits per heavy atom. The van der Waals surface area contributed by atoms with Gasteiger partial charge in [0, 0.05) is 36.3 Å². The Kier molecular flexibility index (Phi) is 11.0. The van der Waals surface area contributed by atoms with E-state index in [0.717, 1.165) is 50.1 Å². The molecule has 3 heterocycles. The van der Waals surface area contributed by atoms with Crippen LogP contribution >= 0.6 is 11.8 Å². The molecule has 3 aliphatic rings. The van der Waals surface area contributed by atoms with Crippen molar-refractivity contribution in [3.63, 3.8) is 0 Å². The number of allylic oxidation sites excluding steroid dienone is 1. The molecule has 0 saturated carbocycles. The lowest BCUT2D eigenvalue weighted by Gasteiger charge is -2.42. The zero-order valence-electron chi connectivity index (χ0n) is 26.2. The van der Waals surface area contributed by atoms with Gasteiger partial charge in [0.2, 0.25) is 5.91 Å². The number of carbonyl (C=O) groups excluding carboxylic acids is 3. The summed E-state index contributed by atoms with van der Waals surface area (Å²) < 4.78 is 4.96. The van der Waals surface area contributed by atoms with Crippen LogP contribution in [-0.4, -0.2) is 82.7 Å². The number of anilines is 2. The molecule has 1 aromatic carbocycles. The summed E-state index contributed by atoms with van der Waals surface area (Å²) in [5, 5.41) is 10.3. The summed E-state index contributed by atoms with van der Waals surface area (Å²) in [7, 11) is 0. The van der Waals surface area contributed by atoms with Crippen LogP contribution in [0.25, 0.3) is 0 Å². The van der Waals surface area contributed by atoms with E-state index in [0.29, 0.717) is 13.0 Å². The number of thioether (sulfide) groups is 1. The molecule has 3 fully saturated rings. The first-order valence-corrected chi connectivity index (χ1v) is 16.8. The average molecular weight is 612 g/mol. The summed E-state index contributed by atoms with van der Waals surface area (Å²) in [6.45, 7) is 18.0. The van der Waals surface area contributed by atoms with Crippen molar-refractivity contribution in [2.24, 2.45) is 17.8 Å². The Bertz CT molecular complexity index is 1170. The van der Waals surface area contributed by atoms with Gasteiger partial charge in [-0.05, 0) is 76.1 Å². The van der Waals surface area contributed by atoms with Crippen LogP contribution in [-0.2, 0) is 19.1 Å². The predicted octanol–water partition coefficient (Wildman–Crippen LogP) is 5.06. The van der Waals surface area contributed by atoms with Gasteiger partial charge in [-0.15, -0.1) is 24.9 Å². The smallest absolute Gasteiger partial charge is 0.310 e. The topological polar surface area (TPSA) is 90.4 Å². The second-order valence-corrected chi connectivity index (χ2v) is 13.5. The molecule has 1 N–H and O–H groups in total. The number of hydrogen-bond donors (Lipinski definition) is 1. The molecule has 0 aliphatic carbocycles. The van der Waals surface area contributed by atoms with Gasteiger partial charge < -0.3 is 24.5 Å². The molecule has 2 amide bonds. The number of amides is 2. The Labute approximate surface area is 261 Å². The van der Waals surface area contributed by atoms with E-state index in [1.165, 1.54) is 0 Å². The zero-order valence-corrected chi connectivity index (χ0v) is 27.1. The van der Waals surface area contributed by atoms with Gasteiger partial charge in [-0.1, -0.05) is 26.0 Å². The number of benzene rings is 1. The third-order valence-electron chi connectivity index (χ3n) is 9.68. The van der Waals surface area contributed by atoms with E-state index in [9.17, 15) is 19.5 Å². The number of carbonyl (C=O) groups is 3. The highest BCUT2D eigenvalue weighted by Crippen LogP contribution is 2.69. The number of esters is 1. The predicted molar refractivity (Wildman–Crippen MR) is 174 cm³/mol. The molecule has 1 aromatic rings. The molecule has 2 bridgehead atoms. The van der Waals surface area contributed by atoms with Crippen LogP contribution in [0.3, 0.4) is 0 Å². The first kappa shape index (κ1) is 33.1. The Balaban J connectivity index is 1.72. The molecule has 3 aliphatic heterocycles. The number of likely N-dealkylation sites (tertiary alicyclic amines) is 1. The average Bonchev–Trinajstić information content (AvgIpc) is 3.61. The lowest BCUT2D eigenvalue weighted by molar-refractivity contribution is -0.155. The van der Waals surface area contributed by atoms with E-state index in [1.807, 2.05) is 37.3 Å². The second kappa shape index (κ2) is 14.3. The fourth-order valence-corrected chi connectivity index (χ4v) is 9.90. The molecule has 9 heteroatoms. The largest absolute Gasteiger partial charge is 0.465 e. The van der Waals surface area contributed by atoms with Crippen LogP contribution in [0.15, 0.2) is 49.6 Å². The molecule has 0 aromatic heterocycles. The summed E-state index contributed by atoms with van der Waals surface area (Å²) in [6.07, 6.45) is 7.26. The van der Waals surface area contributed by atoms with Gasteiger partial charge in [-0.3, -0.25) is 14.4 Å². The molecular weight excluding hydrogens is 562 g/mol. The van der Waals surface area contributed by atoms with E-state index < -0.39 is 28.7 Å². The maximum absolute atomic E-state index is 14.8. The number of nitrogens with zero attached hydrogens (tertiary/aromatic N) is 3. The molecule has 7 atom stereocenters. The van der Waals surface area contributed by atoms with Crippen molar-refractivity contribution in [2.45, 2.75) is 81.9 Å². The minimum absolute atomic E-state index is 0.0267. The standard InChI is InChI=1S/C34H49N3O5S/c1-7-12-13-14-20-42-33(41)28-27-21-23(6)34(43-27)29(28)31(39)37(24(9-3)22-38)30(34)32(40)36(19-8-2)26-17-15-25(16-18-26)35(10-4)11-5/h7-8,15-18,23-24,27-30,38H,1-2,9-14,19-22H2,3-6H3/t23?,24-,27+,28-,29-,30?,34?/m0/s1. The maximum Gasteiger partial charge on any atom is 0.310 e. The molecular formula is C34H49N3O5S. The molecule has 0 radical (unpaired) electrons. The third-order valence-corrected chi connectivity index (χ3v) is 11.8. The van der Waals surface area contributed by atoms with Crippen LogP contribution in [0.2, 0.25) is 0 Å². The van der Waals surface area contributed by atoms with E-state index in [1.54, 1.807) is 27.6 Å². The highest BCUT2D eigenvalue weighted by Gasteiger charge is 2.77. The number of hydrogen-bond acceptors (Lipinski definition) is 7. The number of ether oxygens (including phenoxy) is 1. The first-order chi connectivity index (χ1) is 20.7. The van der Waals surface area contributed by atoms with E-state index in [-0.39, 0.29) is 42.1 Å². The SMILES string of the molecule is C=CCCCCOC(=O)[C@@H]1[C@H]2C(=O)N([C@@H](CC)CO)C(C(=O)N(CC=C)c3ccc(N(CC)CC)cc3)C23S[C@@H]1CC3C. The summed E-state index contributed by atoms with van der Waals surface area (Å²) in [5.74, 6) is -2.01. The summed E-state index contributed by atoms with van der Waals surface area (Å²) in [4.78, 5) is 48.4. The normalized spacial score (nSPS) is 28.0. The second-order valence-electron chi connectivity index (χ2n) is 11.9. The highest BCUT2D eigenvalue weighted by molar-refractivity contribution is 8.02. The van der Waals surface area contributed by atoms with Gasteiger partial charge in [-0.25, -0.2) is 0 Å². The van der Waals surface area contributed by atoms with Crippen molar-refractivity contribution in [1.82, 2.24) is 4.90 Å². The number of rotatable bonds is 16. The first-order valence-electron chi connectivity index (χ1n) is 15.9. The molecule has 3 unspecified atom stereocenters. The monoisotopic (exact) mass is 611 g/mol. The zero-order chi connectivity index (χ0) is 31.3. The molecule has 3 saturated heterocycles. The Morgan fingerprint density at radius 2 is 1.81 bits per heavy atom. The fraction of sp³-hybridized carbons (Fsp3) is 0.618. The number of fused-ring (bicyclic) bond motifs is 1. The molecule has 1 spiro atoms. The molecule has 43 heavy (non-hydrogen) atoms.